The third kappa shape index (κ3) is 2.26. The Labute approximate surface area is 111 Å². The standard InChI is InChI=1S/C15H16N2O2/c18-15(19)10-11-4-3-9-17(11)14-7-8-16-13-6-2-1-5-12(13)14/h1-2,5-8,11H,3-4,9-10H2,(H,18,19). The summed E-state index contributed by atoms with van der Waals surface area (Å²) in [7, 11) is 0. The number of fused-ring (bicyclic) bond motifs is 1. The highest BCUT2D eigenvalue weighted by atomic mass is 16.4. The molecule has 19 heavy (non-hydrogen) atoms. The molecule has 2 aromatic rings. The van der Waals surface area contributed by atoms with Crippen molar-refractivity contribution < 1.29 is 9.90 Å². The number of anilines is 1. The van der Waals surface area contributed by atoms with Crippen LogP contribution in [0, 0.1) is 0 Å². The molecule has 1 atom stereocenters. The van der Waals surface area contributed by atoms with E-state index < -0.39 is 5.97 Å². The molecule has 0 spiro atoms. The summed E-state index contributed by atoms with van der Waals surface area (Å²) in [5.41, 5.74) is 2.07. The van der Waals surface area contributed by atoms with Crippen molar-refractivity contribution in [3.63, 3.8) is 0 Å². The van der Waals surface area contributed by atoms with Crippen molar-refractivity contribution in [3.05, 3.63) is 36.5 Å². The predicted molar refractivity (Wildman–Crippen MR) is 74.4 cm³/mol. The van der Waals surface area contributed by atoms with E-state index in [1.165, 1.54) is 0 Å². The summed E-state index contributed by atoms with van der Waals surface area (Å²) < 4.78 is 0. The number of hydrogen-bond acceptors (Lipinski definition) is 3. The average molecular weight is 256 g/mol. The van der Waals surface area contributed by atoms with Gasteiger partial charge in [0.15, 0.2) is 0 Å². The highest BCUT2D eigenvalue weighted by Gasteiger charge is 2.27. The molecule has 1 aliphatic rings. The van der Waals surface area contributed by atoms with E-state index in [-0.39, 0.29) is 12.5 Å². The molecule has 1 unspecified atom stereocenters. The van der Waals surface area contributed by atoms with E-state index in [1.54, 1.807) is 6.20 Å². The Kier molecular flexibility index (Phi) is 3.07. The molecular formula is C15H16N2O2. The molecular weight excluding hydrogens is 240 g/mol. The zero-order chi connectivity index (χ0) is 13.2. The van der Waals surface area contributed by atoms with Crippen LogP contribution in [-0.2, 0) is 4.79 Å². The second-order valence-corrected chi connectivity index (χ2v) is 4.93. The molecule has 98 valence electrons. The summed E-state index contributed by atoms with van der Waals surface area (Å²) in [6.45, 7) is 0.923. The van der Waals surface area contributed by atoms with E-state index in [4.69, 9.17) is 5.11 Å². The number of carbonyl (C=O) groups is 1. The summed E-state index contributed by atoms with van der Waals surface area (Å²) in [6, 6.07) is 10.1. The van der Waals surface area contributed by atoms with Gasteiger partial charge < -0.3 is 10.0 Å². The lowest BCUT2D eigenvalue weighted by molar-refractivity contribution is -0.137. The maximum absolute atomic E-state index is 11.0. The van der Waals surface area contributed by atoms with Crippen LogP contribution >= 0.6 is 0 Å². The quantitative estimate of drug-likeness (QED) is 0.917. The molecule has 2 heterocycles. The minimum absolute atomic E-state index is 0.100. The summed E-state index contributed by atoms with van der Waals surface area (Å²) >= 11 is 0. The summed E-state index contributed by atoms with van der Waals surface area (Å²) in [5, 5.41) is 10.1. The lowest BCUT2D eigenvalue weighted by Crippen LogP contribution is -2.31. The van der Waals surface area contributed by atoms with Crippen LogP contribution < -0.4 is 4.90 Å². The van der Waals surface area contributed by atoms with Crippen LogP contribution in [0.3, 0.4) is 0 Å². The summed E-state index contributed by atoms with van der Waals surface area (Å²) in [5.74, 6) is -0.727. The van der Waals surface area contributed by atoms with E-state index in [9.17, 15) is 4.79 Å². The Bertz CT molecular complexity index is 607. The van der Waals surface area contributed by atoms with Crippen LogP contribution in [0.4, 0.5) is 5.69 Å². The third-order valence-corrected chi connectivity index (χ3v) is 3.72. The number of hydrogen-bond donors (Lipinski definition) is 1. The topological polar surface area (TPSA) is 53.4 Å². The van der Waals surface area contributed by atoms with E-state index in [0.29, 0.717) is 0 Å². The molecule has 0 radical (unpaired) electrons. The molecule has 0 bridgehead atoms. The number of rotatable bonds is 3. The molecule has 0 amide bonds. The zero-order valence-corrected chi connectivity index (χ0v) is 10.6. The van der Waals surface area contributed by atoms with Gasteiger partial charge in [0.1, 0.15) is 0 Å². The van der Waals surface area contributed by atoms with Gasteiger partial charge in [-0.2, -0.15) is 0 Å². The average Bonchev–Trinajstić information content (AvgIpc) is 2.85. The molecule has 0 saturated carbocycles. The van der Waals surface area contributed by atoms with Crippen molar-refractivity contribution in [2.75, 3.05) is 11.4 Å². The van der Waals surface area contributed by atoms with Crippen LogP contribution in [0.15, 0.2) is 36.5 Å². The largest absolute Gasteiger partial charge is 0.481 e. The fraction of sp³-hybridized carbons (Fsp3) is 0.333. The second-order valence-electron chi connectivity index (χ2n) is 4.93. The maximum atomic E-state index is 11.0. The zero-order valence-electron chi connectivity index (χ0n) is 10.6. The number of aromatic nitrogens is 1. The van der Waals surface area contributed by atoms with Gasteiger partial charge in [0.2, 0.25) is 0 Å². The summed E-state index contributed by atoms with van der Waals surface area (Å²) in [4.78, 5) is 17.5. The van der Waals surface area contributed by atoms with Crippen molar-refractivity contribution in [2.45, 2.75) is 25.3 Å². The Morgan fingerprint density at radius 1 is 1.37 bits per heavy atom. The van der Waals surface area contributed by atoms with Gasteiger partial charge in [0.05, 0.1) is 11.9 Å². The highest BCUT2D eigenvalue weighted by Crippen LogP contribution is 2.32. The molecule has 1 aromatic carbocycles. The Morgan fingerprint density at radius 3 is 3.05 bits per heavy atom. The number of nitrogens with zero attached hydrogens (tertiary/aromatic N) is 2. The first-order valence-corrected chi connectivity index (χ1v) is 6.58. The molecule has 4 nitrogen and oxygen atoms in total. The Morgan fingerprint density at radius 2 is 2.21 bits per heavy atom. The molecule has 3 rings (SSSR count). The lowest BCUT2D eigenvalue weighted by atomic mass is 10.1. The first-order chi connectivity index (χ1) is 9.25. The van der Waals surface area contributed by atoms with Crippen LogP contribution in [0.5, 0.6) is 0 Å². The van der Waals surface area contributed by atoms with Gasteiger partial charge in [0.25, 0.3) is 0 Å². The van der Waals surface area contributed by atoms with E-state index in [0.717, 1.165) is 36.0 Å². The molecule has 4 heteroatoms. The molecule has 1 fully saturated rings. The van der Waals surface area contributed by atoms with Crippen molar-refractivity contribution in [1.29, 1.82) is 0 Å². The van der Waals surface area contributed by atoms with Crippen molar-refractivity contribution >= 4 is 22.6 Å². The van der Waals surface area contributed by atoms with Gasteiger partial charge in [-0.05, 0) is 25.0 Å². The Hall–Kier alpha value is -2.10. The van der Waals surface area contributed by atoms with Gasteiger partial charge in [-0.3, -0.25) is 9.78 Å². The minimum Gasteiger partial charge on any atom is -0.481 e. The Balaban J connectivity index is 2.01. The lowest BCUT2D eigenvalue weighted by Gasteiger charge is -2.26. The van der Waals surface area contributed by atoms with Crippen LogP contribution in [0.2, 0.25) is 0 Å². The number of benzene rings is 1. The summed E-state index contributed by atoms with van der Waals surface area (Å²) in [6.07, 6.45) is 4.00. The molecule has 1 saturated heterocycles. The van der Waals surface area contributed by atoms with Gasteiger partial charge in [-0.1, -0.05) is 18.2 Å². The normalized spacial score (nSPS) is 18.9. The van der Waals surface area contributed by atoms with E-state index in [1.807, 2.05) is 30.3 Å². The smallest absolute Gasteiger partial charge is 0.305 e. The molecule has 0 aliphatic carbocycles. The molecule has 1 aromatic heterocycles. The highest BCUT2D eigenvalue weighted by molar-refractivity contribution is 5.91. The number of carboxylic acids is 1. The van der Waals surface area contributed by atoms with Crippen molar-refractivity contribution in [2.24, 2.45) is 0 Å². The monoisotopic (exact) mass is 256 g/mol. The second kappa shape index (κ2) is 4.88. The first-order valence-electron chi connectivity index (χ1n) is 6.58. The SMILES string of the molecule is O=C(O)CC1CCCN1c1ccnc2ccccc12. The van der Waals surface area contributed by atoms with Gasteiger partial charge >= 0.3 is 5.97 Å². The number of pyridine rings is 1. The van der Waals surface area contributed by atoms with Crippen LogP contribution in [0.1, 0.15) is 19.3 Å². The van der Waals surface area contributed by atoms with Crippen LogP contribution in [-0.4, -0.2) is 28.6 Å². The van der Waals surface area contributed by atoms with Gasteiger partial charge in [0, 0.05) is 29.9 Å². The van der Waals surface area contributed by atoms with Crippen molar-refractivity contribution in [1.82, 2.24) is 4.98 Å². The van der Waals surface area contributed by atoms with Crippen LogP contribution in [0.25, 0.3) is 10.9 Å². The van der Waals surface area contributed by atoms with Gasteiger partial charge in [-0.25, -0.2) is 0 Å². The van der Waals surface area contributed by atoms with Gasteiger partial charge in [-0.15, -0.1) is 0 Å². The minimum atomic E-state index is -0.727. The fourth-order valence-corrected chi connectivity index (χ4v) is 2.90. The number of para-hydroxylation sites is 1. The fourth-order valence-electron chi connectivity index (χ4n) is 2.90. The maximum Gasteiger partial charge on any atom is 0.305 e. The molecule has 1 N–H and O–H groups in total. The third-order valence-electron chi connectivity index (χ3n) is 3.72. The molecule has 1 aliphatic heterocycles. The van der Waals surface area contributed by atoms with Crippen molar-refractivity contribution in [3.8, 4) is 0 Å². The predicted octanol–water partition coefficient (Wildman–Crippen LogP) is 2.68. The number of aliphatic carboxylic acids is 1. The first kappa shape index (κ1) is 12.0. The van der Waals surface area contributed by atoms with E-state index >= 15 is 0 Å². The van der Waals surface area contributed by atoms with E-state index in [2.05, 4.69) is 9.88 Å². The number of carboxylic acid groups (broad SMARTS) is 1.